The molecule has 1 heterocycles. The smallest absolute Gasteiger partial charge is 0.251 e. The SMILES string of the molecule is Cc1ccccc1C(=O)NCCC(O)c1ccco1. The predicted octanol–water partition coefficient (Wildman–Crippen LogP) is 2.44. The molecule has 2 aromatic rings. The average molecular weight is 259 g/mol. The minimum absolute atomic E-state index is 0.121. The van der Waals surface area contributed by atoms with E-state index in [9.17, 15) is 9.90 Å². The molecule has 1 aromatic carbocycles. The second-order valence-electron chi connectivity index (χ2n) is 4.39. The maximum Gasteiger partial charge on any atom is 0.251 e. The van der Waals surface area contributed by atoms with E-state index in [0.717, 1.165) is 5.56 Å². The molecule has 0 aliphatic rings. The Morgan fingerprint density at radius 2 is 2.11 bits per heavy atom. The maximum atomic E-state index is 11.9. The van der Waals surface area contributed by atoms with Crippen molar-refractivity contribution in [2.24, 2.45) is 0 Å². The third kappa shape index (κ3) is 3.45. The van der Waals surface area contributed by atoms with Gasteiger partial charge in [-0.3, -0.25) is 4.79 Å². The van der Waals surface area contributed by atoms with Gasteiger partial charge in [-0.25, -0.2) is 0 Å². The Kier molecular flexibility index (Phi) is 4.36. The lowest BCUT2D eigenvalue weighted by atomic mass is 10.1. The number of aliphatic hydroxyl groups is 1. The quantitative estimate of drug-likeness (QED) is 0.867. The van der Waals surface area contributed by atoms with Crippen LogP contribution < -0.4 is 5.32 Å². The van der Waals surface area contributed by atoms with Crippen LogP contribution in [0.15, 0.2) is 47.1 Å². The molecule has 0 fully saturated rings. The molecular formula is C15H17NO3. The summed E-state index contributed by atoms with van der Waals surface area (Å²) in [7, 11) is 0. The van der Waals surface area contributed by atoms with Crippen LogP contribution in [0.1, 0.15) is 34.2 Å². The molecule has 1 amide bonds. The molecule has 19 heavy (non-hydrogen) atoms. The fourth-order valence-corrected chi connectivity index (χ4v) is 1.87. The number of furan rings is 1. The zero-order valence-electron chi connectivity index (χ0n) is 10.8. The maximum absolute atomic E-state index is 11.9. The summed E-state index contributed by atoms with van der Waals surface area (Å²) in [4.78, 5) is 11.9. The van der Waals surface area contributed by atoms with Gasteiger partial charge in [-0.15, -0.1) is 0 Å². The van der Waals surface area contributed by atoms with Gasteiger partial charge in [0.15, 0.2) is 0 Å². The van der Waals surface area contributed by atoms with Crippen LogP contribution >= 0.6 is 0 Å². The van der Waals surface area contributed by atoms with Gasteiger partial charge >= 0.3 is 0 Å². The lowest BCUT2D eigenvalue weighted by molar-refractivity contribution is 0.0935. The van der Waals surface area contributed by atoms with Crippen molar-refractivity contribution in [3.05, 3.63) is 59.5 Å². The van der Waals surface area contributed by atoms with E-state index in [2.05, 4.69) is 5.32 Å². The van der Waals surface area contributed by atoms with Crippen molar-refractivity contribution in [3.63, 3.8) is 0 Å². The molecule has 4 heteroatoms. The first kappa shape index (κ1) is 13.4. The van der Waals surface area contributed by atoms with Crippen LogP contribution in [0.2, 0.25) is 0 Å². The Morgan fingerprint density at radius 3 is 2.79 bits per heavy atom. The molecule has 100 valence electrons. The van der Waals surface area contributed by atoms with E-state index in [1.165, 1.54) is 6.26 Å². The molecular weight excluding hydrogens is 242 g/mol. The van der Waals surface area contributed by atoms with Gasteiger partial charge in [0, 0.05) is 12.1 Å². The summed E-state index contributed by atoms with van der Waals surface area (Å²) < 4.78 is 5.09. The number of carbonyl (C=O) groups excluding carboxylic acids is 1. The highest BCUT2D eigenvalue weighted by Crippen LogP contribution is 2.16. The second kappa shape index (κ2) is 6.20. The Morgan fingerprint density at radius 1 is 1.32 bits per heavy atom. The van der Waals surface area contributed by atoms with Crippen molar-refractivity contribution in [3.8, 4) is 0 Å². The van der Waals surface area contributed by atoms with E-state index in [1.807, 2.05) is 25.1 Å². The number of amides is 1. The topological polar surface area (TPSA) is 62.5 Å². The van der Waals surface area contributed by atoms with Crippen LogP contribution in [0.5, 0.6) is 0 Å². The molecule has 1 unspecified atom stereocenters. The highest BCUT2D eigenvalue weighted by molar-refractivity contribution is 5.95. The van der Waals surface area contributed by atoms with Crippen molar-refractivity contribution >= 4 is 5.91 Å². The first-order valence-corrected chi connectivity index (χ1v) is 6.24. The van der Waals surface area contributed by atoms with Crippen LogP contribution in [0.25, 0.3) is 0 Å². The van der Waals surface area contributed by atoms with Crippen LogP contribution in [-0.2, 0) is 0 Å². The highest BCUT2D eigenvalue weighted by atomic mass is 16.4. The Balaban J connectivity index is 1.83. The normalized spacial score (nSPS) is 12.1. The molecule has 1 atom stereocenters. The Labute approximate surface area is 112 Å². The number of benzene rings is 1. The van der Waals surface area contributed by atoms with Gasteiger partial charge in [0.05, 0.1) is 6.26 Å². The molecule has 1 aromatic heterocycles. The minimum Gasteiger partial charge on any atom is -0.467 e. The molecule has 0 saturated heterocycles. The standard InChI is InChI=1S/C15H17NO3/c1-11-5-2-3-6-12(11)15(18)16-9-8-13(17)14-7-4-10-19-14/h2-7,10,13,17H,8-9H2,1H3,(H,16,18). The van der Waals surface area contributed by atoms with Crippen molar-refractivity contribution in [1.82, 2.24) is 5.32 Å². The second-order valence-corrected chi connectivity index (χ2v) is 4.39. The van der Waals surface area contributed by atoms with Gasteiger partial charge in [0.1, 0.15) is 11.9 Å². The Hall–Kier alpha value is -2.07. The summed E-state index contributed by atoms with van der Waals surface area (Å²) in [5.74, 6) is 0.398. The van der Waals surface area contributed by atoms with Crippen molar-refractivity contribution < 1.29 is 14.3 Å². The number of aryl methyl sites for hydroxylation is 1. The van der Waals surface area contributed by atoms with Gasteiger partial charge < -0.3 is 14.8 Å². The zero-order valence-corrected chi connectivity index (χ0v) is 10.8. The molecule has 0 bridgehead atoms. The highest BCUT2D eigenvalue weighted by Gasteiger charge is 2.12. The molecule has 0 aliphatic heterocycles. The molecule has 0 radical (unpaired) electrons. The average Bonchev–Trinajstić information content (AvgIpc) is 2.93. The van der Waals surface area contributed by atoms with E-state index < -0.39 is 6.10 Å². The summed E-state index contributed by atoms with van der Waals surface area (Å²) >= 11 is 0. The molecule has 2 N–H and O–H groups in total. The van der Waals surface area contributed by atoms with Gasteiger partial charge in [0.2, 0.25) is 0 Å². The molecule has 0 saturated carbocycles. The summed E-state index contributed by atoms with van der Waals surface area (Å²) in [5, 5.41) is 12.6. The van der Waals surface area contributed by atoms with E-state index in [1.54, 1.807) is 18.2 Å². The summed E-state index contributed by atoms with van der Waals surface area (Å²) in [6, 6.07) is 10.9. The van der Waals surface area contributed by atoms with Crippen molar-refractivity contribution in [1.29, 1.82) is 0 Å². The monoisotopic (exact) mass is 259 g/mol. The van der Waals surface area contributed by atoms with Crippen LogP contribution in [-0.4, -0.2) is 17.6 Å². The predicted molar refractivity (Wildman–Crippen MR) is 71.8 cm³/mol. The number of carbonyl (C=O) groups is 1. The zero-order chi connectivity index (χ0) is 13.7. The van der Waals surface area contributed by atoms with Gasteiger partial charge in [-0.2, -0.15) is 0 Å². The molecule has 0 aliphatic carbocycles. The number of rotatable bonds is 5. The van der Waals surface area contributed by atoms with Gasteiger partial charge in [0.25, 0.3) is 5.91 Å². The Bertz CT molecular complexity index is 534. The first-order chi connectivity index (χ1) is 9.18. The first-order valence-electron chi connectivity index (χ1n) is 6.24. The lowest BCUT2D eigenvalue weighted by Gasteiger charge is -2.10. The van der Waals surface area contributed by atoms with Gasteiger partial charge in [-0.1, -0.05) is 18.2 Å². The van der Waals surface area contributed by atoms with Crippen LogP contribution in [0.3, 0.4) is 0 Å². The number of hydrogen-bond donors (Lipinski definition) is 2. The number of hydrogen-bond acceptors (Lipinski definition) is 3. The molecule has 2 rings (SSSR count). The third-order valence-corrected chi connectivity index (χ3v) is 2.96. The molecule has 4 nitrogen and oxygen atoms in total. The summed E-state index contributed by atoms with van der Waals surface area (Å²) in [5.41, 5.74) is 1.60. The van der Waals surface area contributed by atoms with E-state index in [0.29, 0.717) is 24.3 Å². The summed E-state index contributed by atoms with van der Waals surface area (Å²) in [6.07, 6.45) is 1.25. The number of nitrogens with one attached hydrogen (secondary N) is 1. The molecule has 0 spiro atoms. The fraction of sp³-hybridized carbons (Fsp3) is 0.267. The van der Waals surface area contributed by atoms with E-state index >= 15 is 0 Å². The minimum atomic E-state index is -0.688. The summed E-state index contributed by atoms with van der Waals surface area (Å²) in [6.45, 7) is 2.29. The fourth-order valence-electron chi connectivity index (χ4n) is 1.87. The van der Waals surface area contributed by atoms with E-state index in [-0.39, 0.29) is 5.91 Å². The lowest BCUT2D eigenvalue weighted by Crippen LogP contribution is -2.26. The van der Waals surface area contributed by atoms with Crippen molar-refractivity contribution in [2.45, 2.75) is 19.4 Å². The van der Waals surface area contributed by atoms with Gasteiger partial charge in [-0.05, 0) is 37.1 Å². The number of aliphatic hydroxyl groups excluding tert-OH is 1. The van der Waals surface area contributed by atoms with Crippen LogP contribution in [0, 0.1) is 6.92 Å². The van der Waals surface area contributed by atoms with Crippen LogP contribution in [0.4, 0.5) is 0 Å². The van der Waals surface area contributed by atoms with E-state index in [4.69, 9.17) is 4.42 Å². The third-order valence-electron chi connectivity index (χ3n) is 2.96. The van der Waals surface area contributed by atoms with Crippen molar-refractivity contribution in [2.75, 3.05) is 6.54 Å². The largest absolute Gasteiger partial charge is 0.467 e.